The Labute approximate surface area is 168 Å². The molecule has 0 saturated heterocycles. The minimum atomic E-state index is -3.63. The van der Waals surface area contributed by atoms with Crippen LogP contribution in [0.3, 0.4) is 0 Å². The number of nitrogens with one attached hydrogen (secondary N) is 1. The Morgan fingerprint density at radius 1 is 1.00 bits per heavy atom. The third kappa shape index (κ3) is 4.72. The predicted molar refractivity (Wildman–Crippen MR) is 108 cm³/mol. The van der Waals surface area contributed by atoms with Gasteiger partial charge in [-0.3, -0.25) is 9.59 Å². The van der Waals surface area contributed by atoms with Crippen molar-refractivity contribution in [2.24, 2.45) is 0 Å². The van der Waals surface area contributed by atoms with E-state index in [4.69, 9.17) is 4.42 Å². The largest absolute Gasteiger partial charge is 0.459 e. The number of hydrogen-bond acceptors (Lipinski definition) is 5. The van der Waals surface area contributed by atoms with Gasteiger partial charge >= 0.3 is 0 Å². The van der Waals surface area contributed by atoms with E-state index in [-0.39, 0.29) is 27.9 Å². The van der Waals surface area contributed by atoms with E-state index in [1.807, 2.05) is 0 Å². The first kappa shape index (κ1) is 20.3. The molecule has 0 aliphatic rings. The van der Waals surface area contributed by atoms with Gasteiger partial charge in [0.05, 0.1) is 16.9 Å². The Kier molecular flexibility index (Phi) is 5.84. The summed E-state index contributed by atoms with van der Waals surface area (Å²) in [5, 5.41) is 2.65. The second-order valence-electron chi connectivity index (χ2n) is 6.58. The van der Waals surface area contributed by atoms with Gasteiger partial charge in [0.15, 0.2) is 15.6 Å². The van der Waals surface area contributed by atoms with Crippen LogP contribution in [0.1, 0.15) is 26.5 Å². The lowest BCUT2D eigenvalue weighted by Crippen LogP contribution is -2.22. The van der Waals surface area contributed by atoms with E-state index < -0.39 is 15.7 Å². The van der Waals surface area contributed by atoms with Crippen LogP contribution in [-0.4, -0.2) is 39.2 Å². The molecule has 0 fully saturated rings. The zero-order valence-electron chi connectivity index (χ0n) is 16.0. The summed E-state index contributed by atoms with van der Waals surface area (Å²) >= 11 is 0. The topological polar surface area (TPSA) is 96.7 Å². The molecule has 0 unspecified atom stereocenters. The van der Waals surface area contributed by atoms with Gasteiger partial charge in [-0.05, 0) is 36.4 Å². The van der Waals surface area contributed by atoms with Crippen LogP contribution in [0.15, 0.2) is 76.2 Å². The van der Waals surface area contributed by atoms with E-state index in [1.54, 1.807) is 56.6 Å². The Bertz CT molecular complexity index is 1130. The van der Waals surface area contributed by atoms with Gasteiger partial charge in [-0.25, -0.2) is 8.42 Å². The van der Waals surface area contributed by atoms with Gasteiger partial charge in [0.25, 0.3) is 11.8 Å². The molecule has 0 radical (unpaired) electrons. The number of carbonyl (C=O) groups is 2. The van der Waals surface area contributed by atoms with Crippen LogP contribution in [-0.2, 0) is 15.6 Å². The summed E-state index contributed by atoms with van der Waals surface area (Å²) in [6, 6.07) is 15.9. The number of anilines is 1. The van der Waals surface area contributed by atoms with Crippen LogP contribution in [0, 0.1) is 0 Å². The standard InChI is InChI=1S/C21H20N2O5S/c1-23(2)21(25)15-7-6-8-17(13-15)22-20(24)19-16(11-12-28-19)14-29(26,27)18-9-4-3-5-10-18/h3-13H,14H2,1-2H3,(H,22,24). The second-order valence-corrected chi connectivity index (χ2v) is 8.57. The van der Waals surface area contributed by atoms with Crippen molar-refractivity contribution in [1.29, 1.82) is 0 Å². The van der Waals surface area contributed by atoms with Crippen LogP contribution in [0.2, 0.25) is 0 Å². The van der Waals surface area contributed by atoms with E-state index in [9.17, 15) is 18.0 Å². The van der Waals surface area contributed by atoms with E-state index in [0.717, 1.165) is 0 Å². The molecule has 0 atom stereocenters. The lowest BCUT2D eigenvalue weighted by molar-refractivity contribution is 0.0827. The third-order valence-corrected chi connectivity index (χ3v) is 5.86. The smallest absolute Gasteiger partial charge is 0.291 e. The van der Waals surface area contributed by atoms with Gasteiger partial charge in [0.1, 0.15) is 0 Å². The molecule has 0 aliphatic carbocycles. The normalized spacial score (nSPS) is 11.1. The molecule has 1 N–H and O–H groups in total. The van der Waals surface area contributed by atoms with Crippen LogP contribution < -0.4 is 5.32 Å². The van der Waals surface area contributed by atoms with E-state index in [0.29, 0.717) is 11.3 Å². The van der Waals surface area contributed by atoms with Crippen molar-refractivity contribution >= 4 is 27.3 Å². The molecule has 3 rings (SSSR count). The number of benzene rings is 2. The summed E-state index contributed by atoms with van der Waals surface area (Å²) in [7, 11) is -0.360. The van der Waals surface area contributed by atoms with E-state index in [2.05, 4.69) is 5.32 Å². The minimum Gasteiger partial charge on any atom is -0.459 e. The molecule has 150 valence electrons. The van der Waals surface area contributed by atoms with Gasteiger partial charge in [-0.15, -0.1) is 0 Å². The molecule has 2 amide bonds. The molecule has 0 spiro atoms. The Balaban J connectivity index is 1.80. The summed E-state index contributed by atoms with van der Waals surface area (Å²) in [4.78, 5) is 26.3. The summed E-state index contributed by atoms with van der Waals surface area (Å²) in [5.74, 6) is -1.25. The molecule has 1 aromatic heterocycles. The highest BCUT2D eigenvalue weighted by Crippen LogP contribution is 2.21. The highest BCUT2D eigenvalue weighted by Gasteiger charge is 2.22. The maximum absolute atomic E-state index is 12.6. The molecular formula is C21H20N2O5S. The molecular weight excluding hydrogens is 392 g/mol. The average molecular weight is 412 g/mol. The van der Waals surface area contributed by atoms with Crippen LogP contribution in [0.25, 0.3) is 0 Å². The SMILES string of the molecule is CN(C)C(=O)c1cccc(NC(=O)c2occc2CS(=O)(=O)c2ccccc2)c1. The molecule has 2 aromatic carbocycles. The first-order chi connectivity index (χ1) is 13.8. The summed E-state index contributed by atoms with van der Waals surface area (Å²) in [5.41, 5.74) is 1.07. The molecule has 0 aliphatic heterocycles. The van der Waals surface area contributed by atoms with Crippen molar-refractivity contribution in [2.75, 3.05) is 19.4 Å². The Hall–Kier alpha value is -3.39. The predicted octanol–water partition coefficient (Wildman–Crippen LogP) is 3.21. The third-order valence-electron chi connectivity index (χ3n) is 4.17. The molecule has 0 saturated carbocycles. The molecule has 3 aromatic rings. The number of sulfone groups is 1. The number of furan rings is 1. The maximum Gasteiger partial charge on any atom is 0.291 e. The zero-order valence-corrected chi connectivity index (χ0v) is 16.8. The number of hydrogen-bond donors (Lipinski definition) is 1. The van der Waals surface area contributed by atoms with Gasteiger partial charge in [0, 0.05) is 30.9 Å². The Morgan fingerprint density at radius 3 is 2.41 bits per heavy atom. The van der Waals surface area contributed by atoms with Crippen LogP contribution in [0.5, 0.6) is 0 Å². The van der Waals surface area contributed by atoms with Crippen molar-refractivity contribution in [1.82, 2.24) is 4.90 Å². The fourth-order valence-corrected chi connectivity index (χ4v) is 4.12. The lowest BCUT2D eigenvalue weighted by atomic mass is 10.1. The average Bonchev–Trinajstić information content (AvgIpc) is 3.15. The maximum atomic E-state index is 12.6. The summed E-state index contributed by atoms with van der Waals surface area (Å²) < 4.78 is 30.4. The molecule has 29 heavy (non-hydrogen) atoms. The van der Waals surface area contributed by atoms with Crippen molar-refractivity contribution in [2.45, 2.75) is 10.6 Å². The van der Waals surface area contributed by atoms with Crippen molar-refractivity contribution in [3.63, 3.8) is 0 Å². The number of nitrogens with zero attached hydrogens (tertiary/aromatic N) is 1. The van der Waals surface area contributed by atoms with E-state index in [1.165, 1.54) is 29.4 Å². The second kappa shape index (κ2) is 8.32. The lowest BCUT2D eigenvalue weighted by Gasteiger charge is -2.11. The van der Waals surface area contributed by atoms with Crippen molar-refractivity contribution in [3.05, 3.63) is 83.8 Å². The minimum absolute atomic E-state index is 0.0890. The fourth-order valence-electron chi connectivity index (χ4n) is 2.74. The first-order valence-electron chi connectivity index (χ1n) is 8.75. The molecule has 1 heterocycles. The molecule has 7 nitrogen and oxygen atoms in total. The molecule has 0 bridgehead atoms. The number of carbonyl (C=O) groups excluding carboxylic acids is 2. The number of amides is 2. The van der Waals surface area contributed by atoms with Gasteiger partial charge < -0.3 is 14.6 Å². The first-order valence-corrected chi connectivity index (χ1v) is 10.4. The number of rotatable bonds is 6. The fraction of sp³-hybridized carbons (Fsp3) is 0.143. The van der Waals surface area contributed by atoms with Gasteiger partial charge in [-0.2, -0.15) is 0 Å². The van der Waals surface area contributed by atoms with Gasteiger partial charge in [0.2, 0.25) is 0 Å². The highest BCUT2D eigenvalue weighted by atomic mass is 32.2. The molecule has 8 heteroatoms. The van der Waals surface area contributed by atoms with E-state index >= 15 is 0 Å². The van der Waals surface area contributed by atoms with Gasteiger partial charge in [-0.1, -0.05) is 24.3 Å². The summed E-state index contributed by atoms with van der Waals surface area (Å²) in [6.45, 7) is 0. The quantitative estimate of drug-likeness (QED) is 0.671. The van der Waals surface area contributed by atoms with Crippen LogP contribution >= 0.6 is 0 Å². The summed E-state index contributed by atoms with van der Waals surface area (Å²) in [6.07, 6.45) is 1.27. The van der Waals surface area contributed by atoms with Crippen molar-refractivity contribution in [3.8, 4) is 0 Å². The van der Waals surface area contributed by atoms with Crippen LogP contribution in [0.4, 0.5) is 5.69 Å². The monoisotopic (exact) mass is 412 g/mol. The Morgan fingerprint density at radius 2 is 1.72 bits per heavy atom. The highest BCUT2D eigenvalue weighted by molar-refractivity contribution is 7.90. The zero-order chi connectivity index (χ0) is 21.0. The van der Waals surface area contributed by atoms with Crippen molar-refractivity contribution < 1.29 is 22.4 Å².